The number of halogens is 1. The molecule has 2 atom stereocenters. The largest absolute Gasteiger partial charge is 0.377 e. The molecule has 0 amide bonds. The molecule has 8 heteroatoms. The van der Waals surface area contributed by atoms with Crippen LogP contribution in [0.4, 0.5) is 4.39 Å². The second-order valence-electron chi connectivity index (χ2n) is 8.85. The van der Waals surface area contributed by atoms with E-state index in [2.05, 4.69) is 36.4 Å². The van der Waals surface area contributed by atoms with Gasteiger partial charge in [0.15, 0.2) is 15.8 Å². The smallest absolute Gasteiger partial charge is 0.191 e. The van der Waals surface area contributed by atoms with Crippen LogP contribution in [0, 0.1) is 17.2 Å². The first-order valence-corrected chi connectivity index (χ1v) is 12.1. The van der Waals surface area contributed by atoms with E-state index in [1.54, 1.807) is 7.05 Å². The molecule has 0 aliphatic carbocycles. The van der Waals surface area contributed by atoms with Gasteiger partial charge in [-0.15, -0.1) is 0 Å². The molecule has 1 aliphatic rings. The normalized spacial score (nSPS) is 21.1. The van der Waals surface area contributed by atoms with Gasteiger partial charge in [0, 0.05) is 38.9 Å². The maximum atomic E-state index is 13.7. The Bertz CT molecular complexity index is 819. The molecule has 0 saturated carbocycles. The van der Waals surface area contributed by atoms with Gasteiger partial charge in [-0.2, -0.15) is 0 Å². The molecule has 6 nitrogen and oxygen atoms in total. The molecule has 2 rings (SSSR count). The predicted octanol–water partition coefficient (Wildman–Crippen LogP) is 2.88. The standard InChI is InChI=1S/C21H34FN3O3S/c1-21(2,3)19-15(7-6-10-28-19)12-24-20(23-4)25-13-17-11-18(22)9-8-16(17)14-29(5,26)27/h8-9,11,15,19H,6-7,10,12-14H2,1-5H3,(H2,23,24,25). The van der Waals surface area contributed by atoms with E-state index in [1.807, 2.05) is 0 Å². The molecule has 2 N–H and O–H groups in total. The average Bonchev–Trinajstić information content (AvgIpc) is 2.62. The van der Waals surface area contributed by atoms with E-state index in [0.29, 0.717) is 23.0 Å². The van der Waals surface area contributed by atoms with Gasteiger partial charge in [0.05, 0.1) is 11.9 Å². The zero-order chi connectivity index (χ0) is 21.7. The number of aliphatic imine (C=N–C) groups is 1. The van der Waals surface area contributed by atoms with Crippen LogP contribution in [0.2, 0.25) is 0 Å². The summed E-state index contributed by atoms with van der Waals surface area (Å²) in [5, 5.41) is 6.51. The number of nitrogens with zero attached hydrogens (tertiary/aromatic N) is 1. The summed E-state index contributed by atoms with van der Waals surface area (Å²) in [6.45, 7) is 8.38. The molecule has 164 valence electrons. The quantitative estimate of drug-likeness (QED) is 0.539. The van der Waals surface area contributed by atoms with Crippen LogP contribution in [0.1, 0.15) is 44.7 Å². The van der Waals surface area contributed by atoms with Gasteiger partial charge in [0.1, 0.15) is 5.82 Å². The molecule has 2 unspecified atom stereocenters. The molecule has 0 spiro atoms. The Morgan fingerprint density at radius 1 is 1.28 bits per heavy atom. The topological polar surface area (TPSA) is 79.8 Å². The van der Waals surface area contributed by atoms with Crippen LogP contribution in [0.5, 0.6) is 0 Å². The van der Waals surface area contributed by atoms with E-state index >= 15 is 0 Å². The molecular formula is C21H34FN3O3S. The average molecular weight is 428 g/mol. The van der Waals surface area contributed by atoms with Gasteiger partial charge < -0.3 is 15.4 Å². The van der Waals surface area contributed by atoms with Crippen LogP contribution in [0.25, 0.3) is 0 Å². The second kappa shape index (κ2) is 9.89. The first-order valence-electron chi connectivity index (χ1n) is 10.0. The van der Waals surface area contributed by atoms with Crippen molar-refractivity contribution in [2.24, 2.45) is 16.3 Å². The summed E-state index contributed by atoms with van der Waals surface area (Å²) < 4.78 is 43.0. The van der Waals surface area contributed by atoms with Gasteiger partial charge >= 0.3 is 0 Å². The first-order chi connectivity index (χ1) is 13.5. The van der Waals surface area contributed by atoms with E-state index < -0.39 is 15.7 Å². The molecule has 1 aromatic carbocycles. The minimum atomic E-state index is -3.21. The van der Waals surface area contributed by atoms with E-state index in [9.17, 15) is 12.8 Å². The molecule has 29 heavy (non-hydrogen) atoms. The monoisotopic (exact) mass is 427 g/mol. The summed E-state index contributed by atoms with van der Waals surface area (Å²) in [6.07, 6.45) is 3.48. The van der Waals surface area contributed by atoms with Gasteiger partial charge in [0.25, 0.3) is 0 Å². The van der Waals surface area contributed by atoms with Crippen molar-refractivity contribution < 1.29 is 17.5 Å². The molecule has 1 fully saturated rings. The molecule has 1 saturated heterocycles. The lowest BCUT2D eigenvalue weighted by Gasteiger charge is -2.40. The highest BCUT2D eigenvalue weighted by atomic mass is 32.2. The maximum Gasteiger partial charge on any atom is 0.191 e. The molecule has 1 heterocycles. The maximum absolute atomic E-state index is 13.7. The Balaban J connectivity index is 2.00. The zero-order valence-electron chi connectivity index (χ0n) is 18.1. The minimum Gasteiger partial charge on any atom is -0.377 e. The third-order valence-electron chi connectivity index (χ3n) is 5.09. The number of nitrogens with one attached hydrogen (secondary N) is 2. The first kappa shape index (κ1) is 23.6. The van der Waals surface area contributed by atoms with Crippen molar-refractivity contribution >= 4 is 15.8 Å². The number of benzene rings is 1. The fraction of sp³-hybridized carbons (Fsp3) is 0.667. The SMILES string of the molecule is CN=C(NCc1cc(F)ccc1CS(C)(=O)=O)NCC1CCCOC1C(C)(C)C. The summed E-state index contributed by atoms with van der Waals surface area (Å²) in [7, 11) is -1.53. The van der Waals surface area contributed by atoms with Crippen molar-refractivity contribution in [1.82, 2.24) is 10.6 Å². The summed E-state index contributed by atoms with van der Waals surface area (Å²) in [5.41, 5.74) is 1.25. The highest BCUT2D eigenvalue weighted by molar-refractivity contribution is 7.89. The summed E-state index contributed by atoms with van der Waals surface area (Å²) in [5.74, 6) is 0.452. The second-order valence-corrected chi connectivity index (χ2v) is 11.0. The van der Waals surface area contributed by atoms with Crippen LogP contribution in [-0.2, 0) is 26.9 Å². The van der Waals surface area contributed by atoms with Gasteiger partial charge in [0.2, 0.25) is 0 Å². The lowest BCUT2D eigenvalue weighted by atomic mass is 9.78. The minimum absolute atomic E-state index is 0.0613. The predicted molar refractivity (Wildman–Crippen MR) is 115 cm³/mol. The van der Waals surface area contributed by atoms with Crippen LogP contribution in [0.15, 0.2) is 23.2 Å². The lowest BCUT2D eigenvalue weighted by Crippen LogP contribution is -2.47. The van der Waals surface area contributed by atoms with Crippen molar-refractivity contribution in [3.63, 3.8) is 0 Å². The van der Waals surface area contributed by atoms with E-state index in [1.165, 1.54) is 24.5 Å². The summed E-state index contributed by atoms with van der Waals surface area (Å²) in [4.78, 5) is 4.24. The fourth-order valence-electron chi connectivity index (χ4n) is 3.82. The van der Waals surface area contributed by atoms with Crippen LogP contribution in [-0.4, -0.2) is 46.9 Å². The highest BCUT2D eigenvalue weighted by Crippen LogP contribution is 2.33. The fourth-order valence-corrected chi connectivity index (χ4v) is 4.67. The van der Waals surface area contributed by atoms with Gasteiger partial charge in [-0.1, -0.05) is 26.8 Å². The van der Waals surface area contributed by atoms with Crippen LogP contribution >= 0.6 is 0 Å². The Labute approximate surface area is 174 Å². The Kier molecular flexibility index (Phi) is 8.05. The van der Waals surface area contributed by atoms with E-state index in [4.69, 9.17) is 4.74 Å². The van der Waals surface area contributed by atoms with E-state index in [-0.39, 0.29) is 23.8 Å². The molecule has 1 aliphatic heterocycles. The molecular weight excluding hydrogens is 393 g/mol. The number of guanidine groups is 1. The number of ether oxygens (including phenoxy) is 1. The van der Waals surface area contributed by atoms with Crippen molar-refractivity contribution in [2.75, 3.05) is 26.5 Å². The van der Waals surface area contributed by atoms with Gasteiger partial charge in [-0.05, 0) is 41.5 Å². The third-order valence-corrected chi connectivity index (χ3v) is 5.92. The highest BCUT2D eigenvalue weighted by Gasteiger charge is 2.35. The summed E-state index contributed by atoms with van der Waals surface area (Å²) in [6, 6.07) is 4.18. The summed E-state index contributed by atoms with van der Waals surface area (Å²) >= 11 is 0. The van der Waals surface area contributed by atoms with Gasteiger partial charge in [-0.25, -0.2) is 12.8 Å². The van der Waals surface area contributed by atoms with E-state index in [0.717, 1.165) is 26.0 Å². The molecule has 0 aromatic heterocycles. The number of sulfone groups is 1. The third kappa shape index (κ3) is 7.59. The Hall–Kier alpha value is -1.67. The molecule has 0 bridgehead atoms. The Morgan fingerprint density at radius 2 is 2.00 bits per heavy atom. The van der Waals surface area contributed by atoms with Crippen LogP contribution < -0.4 is 10.6 Å². The van der Waals surface area contributed by atoms with Crippen molar-refractivity contribution in [1.29, 1.82) is 0 Å². The van der Waals surface area contributed by atoms with Crippen molar-refractivity contribution in [3.8, 4) is 0 Å². The zero-order valence-corrected chi connectivity index (χ0v) is 18.9. The van der Waals surface area contributed by atoms with Crippen molar-refractivity contribution in [2.45, 2.75) is 52.0 Å². The number of hydrogen-bond donors (Lipinski definition) is 2. The van der Waals surface area contributed by atoms with Crippen molar-refractivity contribution in [3.05, 3.63) is 35.1 Å². The number of rotatable bonds is 6. The Morgan fingerprint density at radius 3 is 2.62 bits per heavy atom. The molecule has 0 radical (unpaired) electrons. The lowest BCUT2D eigenvalue weighted by molar-refractivity contribution is -0.0835. The van der Waals surface area contributed by atoms with Gasteiger partial charge in [-0.3, -0.25) is 4.99 Å². The van der Waals surface area contributed by atoms with Crippen LogP contribution in [0.3, 0.4) is 0 Å². The number of hydrogen-bond acceptors (Lipinski definition) is 4. The molecule has 1 aromatic rings.